The largest absolute Gasteiger partial charge is 0.207 e. The Labute approximate surface area is 204 Å². The number of rotatable bonds is 5. The smallest absolute Gasteiger partial charge is 0.130 e. The fourth-order valence-corrected chi connectivity index (χ4v) is 6.94. The maximum absolute atomic E-state index is 15.2. The molecule has 0 nitrogen and oxygen atoms in total. The topological polar surface area (TPSA) is 0 Å². The van der Waals surface area contributed by atoms with E-state index >= 15 is 4.39 Å². The molecular formula is C32H38F2. The van der Waals surface area contributed by atoms with Gasteiger partial charge in [0, 0.05) is 5.56 Å². The van der Waals surface area contributed by atoms with Crippen LogP contribution in [0.1, 0.15) is 99.2 Å². The highest BCUT2D eigenvalue weighted by Crippen LogP contribution is 2.44. The second kappa shape index (κ2) is 10.6. The van der Waals surface area contributed by atoms with Crippen molar-refractivity contribution in [2.75, 3.05) is 0 Å². The molecule has 3 aliphatic rings. The van der Waals surface area contributed by atoms with Gasteiger partial charge in [0.05, 0.1) is 0 Å². The van der Waals surface area contributed by atoms with Gasteiger partial charge >= 0.3 is 0 Å². The minimum absolute atomic E-state index is 0.0612. The van der Waals surface area contributed by atoms with Crippen molar-refractivity contribution in [2.45, 2.75) is 82.5 Å². The molecule has 2 aromatic rings. The van der Waals surface area contributed by atoms with Gasteiger partial charge in [-0.2, -0.15) is 0 Å². The molecule has 0 radical (unpaired) electrons. The second-order valence-corrected chi connectivity index (χ2v) is 11.0. The highest BCUT2D eigenvalue weighted by molar-refractivity contribution is 5.67. The third-order valence-electron chi connectivity index (χ3n) is 9.15. The second-order valence-electron chi connectivity index (χ2n) is 11.0. The molecule has 0 heterocycles. The van der Waals surface area contributed by atoms with Crippen LogP contribution in [0.3, 0.4) is 0 Å². The molecule has 0 spiro atoms. The van der Waals surface area contributed by atoms with Gasteiger partial charge in [0.25, 0.3) is 0 Å². The van der Waals surface area contributed by atoms with Crippen molar-refractivity contribution in [3.63, 3.8) is 0 Å². The lowest BCUT2D eigenvalue weighted by molar-refractivity contribution is 0.171. The number of halogens is 2. The van der Waals surface area contributed by atoms with Gasteiger partial charge in [0.1, 0.15) is 11.6 Å². The van der Waals surface area contributed by atoms with Crippen LogP contribution >= 0.6 is 0 Å². The van der Waals surface area contributed by atoms with Crippen LogP contribution in [-0.4, -0.2) is 0 Å². The quantitative estimate of drug-likeness (QED) is 0.390. The summed E-state index contributed by atoms with van der Waals surface area (Å²) < 4.78 is 28.4. The van der Waals surface area contributed by atoms with Gasteiger partial charge in [-0.15, -0.1) is 6.58 Å². The van der Waals surface area contributed by atoms with Gasteiger partial charge in [-0.3, -0.25) is 0 Å². The number of allylic oxidation sites excluding steroid dienone is 3. The molecule has 2 aromatic carbocycles. The Kier molecular flexibility index (Phi) is 7.32. The first-order chi connectivity index (χ1) is 16.6. The molecule has 0 saturated heterocycles. The molecule has 0 amide bonds. The number of benzene rings is 2. The summed E-state index contributed by atoms with van der Waals surface area (Å²) in [5.41, 5.74) is 4.27. The zero-order valence-electron chi connectivity index (χ0n) is 20.3. The van der Waals surface area contributed by atoms with Crippen molar-refractivity contribution in [3.05, 3.63) is 89.5 Å². The molecule has 0 bridgehead atoms. The summed E-state index contributed by atoms with van der Waals surface area (Å²) in [6.45, 7) is 3.98. The van der Waals surface area contributed by atoms with E-state index in [1.54, 1.807) is 0 Å². The van der Waals surface area contributed by atoms with E-state index in [1.165, 1.54) is 74.6 Å². The maximum Gasteiger partial charge on any atom is 0.130 e. The van der Waals surface area contributed by atoms with Crippen molar-refractivity contribution in [1.29, 1.82) is 0 Å². The predicted molar refractivity (Wildman–Crippen MR) is 138 cm³/mol. The molecule has 1 unspecified atom stereocenters. The van der Waals surface area contributed by atoms with Crippen LogP contribution in [0.5, 0.6) is 0 Å². The minimum Gasteiger partial charge on any atom is -0.207 e. The van der Waals surface area contributed by atoms with E-state index in [4.69, 9.17) is 0 Å². The Morgan fingerprint density at radius 3 is 1.94 bits per heavy atom. The fourth-order valence-electron chi connectivity index (χ4n) is 6.94. The first-order valence-electron chi connectivity index (χ1n) is 13.5. The van der Waals surface area contributed by atoms with Crippen LogP contribution in [0.2, 0.25) is 0 Å². The highest BCUT2D eigenvalue weighted by atomic mass is 19.1. The highest BCUT2D eigenvalue weighted by Gasteiger charge is 2.31. The Morgan fingerprint density at radius 1 is 0.706 bits per heavy atom. The molecule has 2 heteroatoms. The molecule has 2 fully saturated rings. The molecule has 0 aromatic heterocycles. The first-order valence-corrected chi connectivity index (χ1v) is 13.5. The average molecular weight is 461 g/mol. The lowest BCUT2D eigenvalue weighted by atomic mass is 9.68. The standard InChI is InChI=1S/C32H38F2/c1-2-22-3-5-23(6-4-22)24-7-9-27(10-8-24)29-17-20-31(32(34)21-29)28-13-11-25(12-14-28)26-15-18-30(33)19-16-26/h2,13,15-25,27H,1,3-12,14H2. The number of hydrogen-bond acceptors (Lipinski definition) is 0. The molecule has 0 aliphatic heterocycles. The van der Waals surface area contributed by atoms with Crippen LogP contribution in [0.4, 0.5) is 8.78 Å². The first kappa shape index (κ1) is 23.5. The molecule has 3 aliphatic carbocycles. The van der Waals surface area contributed by atoms with Crippen molar-refractivity contribution in [1.82, 2.24) is 0 Å². The summed E-state index contributed by atoms with van der Waals surface area (Å²) in [5.74, 6) is 3.15. The summed E-state index contributed by atoms with van der Waals surface area (Å²) in [6.07, 6.45) is 17.5. The van der Waals surface area contributed by atoms with Crippen LogP contribution in [0.25, 0.3) is 5.57 Å². The lowest BCUT2D eigenvalue weighted by Gasteiger charge is -2.37. The molecule has 0 N–H and O–H groups in total. The van der Waals surface area contributed by atoms with Crippen LogP contribution in [0.15, 0.2) is 61.2 Å². The van der Waals surface area contributed by atoms with Gasteiger partial charge < -0.3 is 0 Å². The monoisotopic (exact) mass is 460 g/mol. The van der Waals surface area contributed by atoms with E-state index in [-0.39, 0.29) is 11.6 Å². The normalized spacial score (nSPS) is 29.9. The van der Waals surface area contributed by atoms with Crippen LogP contribution in [0, 0.1) is 29.4 Å². The maximum atomic E-state index is 15.2. The average Bonchev–Trinajstić information content (AvgIpc) is 2.89. The summed E-state index contributed by atoms with van der Waals surface area (Å²) in [5, 5.41) is 0. The van der Waals surface area contributed by atoms with E-state index in [0.717, 1.165) is 48.2 Å². The summed E-state index contributed by atoms with van der Waals surface area (Å²) in [4.78, 5) is 0. The zero-order valence-corrected chi connectivity index (χ0v) is 20.3. The van der Waals surface area contributed by atoms with E-state index in [9.17, 15) is 4.39 Å². The van der Waals surface area contributed by atoms with Gasteiger partial charge in [-0.05, 0) is 135 Å². The van der Waals surface area contributed by atoms with Crippen molar-refractivity contribution in [3.8, 4) is 0 Å². The molecule has 1 atom stereocenters. The van der Waals surface area contributed by atoms with Gasteiger partial charge in [0.2, 0.25) is 0 Å². The third kappa shape index (κ3) is 5.21. The van der Waals surface area contributed by atoms with Gasteiger partial charge in [-0.25, -0.2) is 8.78 Å². The summed E-state index contributed by atoms with van der Waals surface area (Å²) >= 11 is 0. The van der Waals surface area contributed by atoms with Crippen LogP contribution in [-0.2, 0) is 0 Å². The van der Waals surface area contributed by atoms with E-state index in [0.29, 0.717) is 11.8 Å². The molecule has 180 valence electrons. The van der Waals surface area contributed by atoms with Crippen molar-refractivity contribution in [2.24, 2.45) is 17.8 Å². The Morgan fingerprint density at radius 2 is 1.35 bits per heavy atom. The van der Waals surface area contributed by atoms with Crippen LogP contribution < -0.4 is 0 Å². The lowest BCUT2D eigenvalue weighted by Crippen LogP contribution is -2.25. The van der Waals surface area contributed by atoms with Gasteiger partial charge in [-0.1, -0.05) is 36.4 Å². The summed E-state index contributed by atoms with van der Waals surface area (Å²) in [6, 6.07) is 12.9. The molecule has 2 saturated carbocycles. The Bertz CT molecular complexity index is 1000. The predicted octanol–water partition coefficient (Wildman–Crippen LogP) is 9.58. The Balaban J connectivity index is 1.18. The molecule has 5 rings (SSSR count). The zero-order chi connectivity index (χ0) is 23.5. The SMILES string of the molecule is C=CC1CCC(C2CCC(c3ccc(C4=CCC(c5ccc(F)cc5)CC4)c(F)c3)CC2)CC1. The third-order valence-corrected chi connectivity index (χ3v) is 9.15. The van der Waals surface area contributed by atoms with E-state index < -0.39 is 0 Å². The summed E-state index contributed by atoms with van der Waals surface area (Å²) in [7, 11) is 0. The van der Waals surface area contributed by atoms with Gasteiger partial charge in [0.15, 0.2) is 0 Å². The number of hydrogen-bond donors (Lipinski definition) is 0. The molecular weight excluding hydrogens is 422 g/mol. The minimum atomic E-state index is -0.193. The Hall–Kier alpha value is -2.22. The fraction of sp³-hybridized carbons (Fsp3) is 0.500. The van der Waals surface area contributed by atoms with E-state index in [2.05, 4.69) is 24.8 Å². The molecule has 34 heavy (non-hydrogen) atoms. The van der Waals surface area contributed by atoms with E-state index in [1.807, 2.05) is 24.3 Å². The van der Waals surface area contributed by atoms with Crippen molar-refractivity contribution < 1.29 is 8.78 Å². The van der Waals surface area contributed by atoms with Crippen molar-refractivity contribution >= 4 is 5.57 Å².